The van der Waals surface area contributed by atoms with Gasteiger partial charge in [-0.15, -0.1) is 0 Å². The zero-order chi connectivity index (χ0) is 19.7. The number of hydrogen-bond donors (Lipinski definition) is 1. The highest BCUT2D eigenvalue weighted by Crippen LogP contribution is 2.28. The highest BCUT2D eigenvalue weighted by atomic mass is 32.2. The molecule has 1 saturated heterocycles. The van der Waals surface area contributed by atoms with Crippen LogP contribution in [0.5, 0.6) is 0 Å². The summed E-state index contributed by atoms with van der Waals surface area (Å²) in [6.07, 6.45) is 0.415. The van der Waals surface area contributed by atoms with E-state index in [4.69, 9.17) is 0 Å². The second-order valence-electron chi connectivity index (χ2n) is 7.11. The van der Waals surface area contributed by atoms with Gasteiger partial charge in [0, 0.05) is 37.9 Å². The summed E-state index contributed by atoms with van der Waals surface area (Å²) in [5.74, 6) is 0. The fourth-order valence-electron chi connectivity index (χ4n) is 3.70. The van der Waals surface area contributed by atoms with Crippen molar-refractivity contribution in [1.29, 1.82) is 0 Å². The number of nitrogens with one attached hydrogen (secondary N) is 1. The lowest BCUT2D eigenvalue weighted by molar-refractivity contribution is 0.0769. The normalized spacial score (nSPS) is 18.2. The van der Waals surface area contributed by atoms with Crippen molar-refractivity contribution in [3.05, 3.63) is 59.7 Å². The number of rotatable bonds is 4. The zero-order valence-corrected chi connectivity index (χ0v) is 16.5. The fourth-order valence-corrected chi connectivity index (χ4v) is 5.22. The van der Waals surface area contributed by atoms with Gasteiger partial charge in [0.15, 0.2) is 0 Å². The maximum Gasteiger partial charge on any atom is 0.411 e. The quantitative estimate of drug-likeness (QED) is 0.851. The number of fused-ring (bicyclic) bond motifs is 1. The predicted octanol–water partition coefficient (Wildman–Crippen LogP) is 2.30. The Bertz CT molecular complexity index is 969. The molecular weight excluding hydrogens is 378 g/mol. The number of carbonyl (C=O) groups is 1. The molecule has 1 N–H and O–H groups in total. The molecule has 7 nitrogen and oxygen atoms in total. The van der Waals surface area contributed by atoms with E-state index in [1.165, 1.54) is 34.7 Å². The van der Waals surface area contributed by atoms with Crippen LogP contribution in [0.1, 0.15) is 11.1 Å². The molecule has 0 aromatic heterocycles. The minimum atomic E-state index is -3.52. The van der Waals surface area contributed by atoms with Gasteiger partial charge in [-0.3, -0.25) is 10.2 Å². The molecule has 2 aliphatic heterocycles. The molecule has 2 aliphatic rings. The minimum Gasteiger partial charge on any atom is -0.453 e. The Kier molecular flexibility index (Phi) is 5.09. The van der Waals surface area contributed by atoms with E-state index in [-0.39, 0.29) is 10.9 Å². The molecule has 1 fully saturated rings. The summed E-state index contributed by atoms with van der Waals surface area (Å²) in [5, 5.41) is 2.51. The Labute approximate surface area is 165 Å². The fraction of sp³-hybridized carbons (Fsp3) is 0.350. The van der Waals surface area contributed by atoms with E-state index in [1.807, 2.05) is 0 Å². The van der Waals surface area contributed by atoms with E-state index in [9.17, 15) is 13.2 Å². The van der Waals surface area contributed by atoms with Crippen molar-refractivity contribution >= 4 is 21.8 Å². The first kappa shape index (κ1) is 18.9. The van der Waals surface area contributed by atoms with Gasteiger partial charge in [-0.05, 0) is 41.8 Å². The SMILES string of the molecule is COC(=O)Nc1ccc(S(=O)(=O)N2CC(N3CCc4ccccc4C3)C2)cc1. The predicted molar refractivity (Wildman–Crippen MR) is 106 cm³/mol. The second-order valence-corrected chi connectivity index (χ2v) is 9.04. The Morgan fingerprint density at radius 2 is 1.75 bits per heavy atom. The van der Waals surface area contributed by atoms with Gasteiger partial charge < -0.3 is 4.74 Å². The lowest BCUT2D eigenvalue weighted by atomic mass is 9.97. The number of sulfonamides is 1. The van der Waals surface area contributed by atoms with Gasteiger partial charge in [-0.25, -0.2) is 13.2 Å². The van der Waals surface area contributed by atoms with Gasteiger partial charge in [-0.1, -0.05) is 24.3 Å². The number of nitrogens with zero attached hydrogens (tertiary/aromatic N) is 2. The molecule has 0 radical (unpaired) electrons. The third-order valence-electron chi connectivity index (χ3n) is 5.43. The number of hydrogen-bond acceptors (Lipinski definition) is 5. The molecule has 1 amide bonds. The average molecular weight is 401 g/mol. The molecule has 0 unspecified atom stereocenters. The third kappa shape index (κ3) is 3.63. The summed E-state index contributed by atoms with van der Waals surface area (Å²) < 4.78 is 31.7. The van der Waals surface area contributed by atoms with Gasteiger partial charge in [0.05, 0.1) is 12.0 Å². The van der Waals surface area contributed by atoms with Gasteiger partial charge in [0.25, 0.3) is 0 Å². The summed E-state index contributed by atoms with van der Waals surface area (Å²) in [6.45, 7) is 2.85. The summed E-state index contributed by atoms with van der Waals surface area (Å²) >= 11 is 0. The van der Waals surface area contributed by atoms with Crippen molar-refractivity contribution < 1.29 is 17.9 Å². The van der Waals surface area contributed by atoms with Crippen LogP contribution in [0, 0.1) is 0 Å². The number of anilines is 1. The maximum atomic E-state index is 12.8. The molecule has 2 heterocycles. The number of methoxy groups -OCH3 is 1. The molecule has 0 bridgehead atoms. The first-order valence-corrected chi connectivity index (χ1v) is 10.7. The van der Waals surface area contributed by atoms with Crippen molar-refractivity contribution in [3.63, 3.8) is 0 Å². The summed E-state index contributed by atoms with van der Waals surface area (Å²) in [4.78, 5) is 13.8. The molecule has 0 saturated carbocycles. The smallest absolute Gasteiger partial charge is 0.411 e. The lowest BCUT2D eigenvalue weighted by Gasteiger charge is -2.46. The Hall–Kier alpha value is -2.42. The van der Waals surface area contributed by atoms with Crippen molar-refractivity contribution in [2.75, 3.05) is 32.1 Å². The molecule has 8 heteroatoms. The molecule has 2 aromatic rings. The van der Waals surface area contributed by atoms with E-state index >= 15 is 0 Å². The van der Waals surface area contributed by atoms with Crippen LogP contribution in [-0.4, -0.2) is 56.5 Å². The molecule has 0 atom stereocenters. The van der Waals surface area contributed by atoms with Crippen LogP contribution in [0.25, 0.3) is 0 Å². The van der Waals surface area contributed by atoms with Crippen molar-refractivity contribution in [3.8, 4) is 0 Å². The number of amides is 1. The third-order valence-corrected chi connectivity index (χ3v) is 7.28. The first-order valence-electron chi connectivity index (χ1n) is 9.23. The standard InChI is InChI=1S/C20H23N3O4S/c1-27-20(24)21-17-6-8-19(9-7-17)28(25,26)23-13-18(14-23)22-11-10-15-4-2-3-5-16(15)12-22/h2-9,18H,10-14H2,1H3,(H,21,24). The number of ether oxygens (including phenoxy) is 1. The van der Waals surface area contributed by atoms with E-state index < -0.39 is 16.1 Å². The van der Waals surface area contributed by atoms with Crippen LogP contribution < -0.4 is 5.32 Å². The van der Waals surface area contributed by atoms with Crippen molar-refractivity contribution in [2.45, 2.75) is 23.9 Å². The Morgan fingerprint density at radius 1 is 1.07 bits per heavy atom. The second kappa shape index (κ2) is 7.54. The summed E-state index contributed by atoms with van der Waals surface area (Å²) in [6, 6.07) is 14.8. The van der Waals surface area contributed by atoms with Crippen LogP contribution in [0.15, 0.2) is 53.4 Å². The maximum absolute atomic E-state index is 12.8. The largest absolute Gasteiger partial charge is 0.453 e. The summed E-state index contributed by atoms with van der Waals surface area (Å²) in [7, 11) is -2.25. The van der Waals surface area contributed by atoms with Gasteiger partial charge in [0.1, 0.15) is 0 Å². The summed E-state index contributed by atoms with van der Waals surface area (Å²) in [5.41, 5.74) is 3.21. The number of benzene rings is 2. The molecule has 0 aliphatic carbocycles. The van der Waals surface area contributed by atoms with E-state index in [2.05, 4.69) is 39.2 Å². The molecule has 28 heavy (non-hydrogen) atoms. The molecule has 0 spiro atoms. The Balaban J connectivity index is 1.38. The Morgan fingerprint density at radius 3 is 2.43 bits per heavy atom. The number of carbonyl (C=O) groups excluding carboxylic acids is 1. The molecule has 148 valence electrons. The van der Waals surface area contributed by atoms with Crippen LogP contribution in [0.4, 0.5) is 10.5 Å². The molecule has 2 aromatic carbocycles. The topological polar surface area (TPSA) is 78.9 Å². The van der Waals surface area contributed by atoms with Crippen LogP contribution in [-0.2, 0) is 27.7 Å². The minimum absolute atomic E-state index is 0.227. The van der Waals surface area contributed by atoms with Crippen molar-refractivity contribution in [2.24, 2.45) is 0 Å². The molecule has 4 rings (SSSR count). The zero-order valence-electron chi connectivity index (χ0n) is 15.7. The van der Waals surface area contributed by atoms with Gasteiger partial charge in [0.2, 0.25) is 10.0 Å². The lowest BCUT2D eigenvalue weighted by Crippen LogP contribution is -2.61. The van der Waals surface area contributed by atoms with E-state index in [0.717, 1.165) is 19.5 Å². The first-order chi connectivity index (χ1) is 13.5. The van der Waals surface area contributed by atoms with Crippen molar-refractivity contribution in [1.82, 2.24) is 9.21 Å². The van der Waals surface area contributed by atoms with Crippen LogP contribution in [0.3, 0.4) is 0 Å². The van der Waals surface area contributed by atoms with Gasteiger partial charge in [-0.2, -0.15) is 4.31 Å². The highest BCUT2D eigenvalue weighted by molar-refractivity contribution is 7.89. The highest BCUT2D eigenvalue weighted by Gasteiger charge is 2.40. The molecular formula is C20H23N3O4S. The van der Waals surface area contributed by atoms with Crippen LogP contribution in [0.2, 0.25) is 0 Å². The average Bonchev–Trinajstić information content (AvgIpc) is 2.67. The van der Waals surface area contributed by atoms with E-state index in [0.29, 0.717) is 18.8 Å². The van der Waals surface area contributed by atoms with Crippen LogP contribution >= 0.6 is 0 Å². The van der Waals surface area contributed by atoms with E-state index in [1.54, 1.807) is 12.1 Å². The monoisotopic (exact) mass is 401 g/mol. The van der Waals surface area contributed by atoms with Gasteiger partial charge >= 0.3 is 6.09 Å².